The first kappa shape index (κ1) is 21.5. The van der Waals surface area contributed by atoms with E-state index in [2.05, 4.69) is 6.92 Å². The van der Waals surface area contributed by atoms with Gasteiger partial charge in [-0.3, -0.25) is 0 Å². The summed E-state index contributed by atoms with van der Waals surface area (Å²) in [5.74, 6) is -0.818. The van der Waals surface area contributed by atoms with Crippen molar-refractivity contribution in [3.8, 4) is 0 Å². The molecule has 0 amide bonds. The summed E-state index contributed by atoms with van der Waals surface area (Å²) < 4.78 is 22.8. The van der Waals surface area contributed by atoms with E-state index in [0.717, 1.165) is 24.8 Å². The van der Waals surface area contributed by atoms with Crippen LogP contribution >= 0.6 is 0 Å². The Balaban J connectivity index is 1.32. The fourth-order valence-electron chi connectivity index (χ4n) is 3.92. The lowest BCUT2D eigenvalue weighted by atomic mass is 10.1. The highest BCUT2D eigenvalue weighted by molar-refractivity contribution is 5.90. The molecule has 0 saturated carbocycles. The van der Waals surface area contributed by atoms with E-state index in [0.29, 0.717) is 11.1 Å². The highest BCUT2D eigenvalue weighted by Gasteiger charge is 2.51. The molecular formula is C25H28O6. The van der Waals surface area contributed by atoms with Gasteiger partial charge in [-0.25, -0.2) is 9.59 Å². The van der Waals surface area contributed by atoms with E-state index in [9.17, 15) is 9.59 Å². The number of rotatable bonds is 7. The van der Waals surface area contributed by atoms with Gasteiger partial charge in [0.25, 0.3) is 0 Å². The van der Waals surface area contributed by atoms with Gasteiger partial charge in [0.1, 0.15) is 12.2 Å². The van der Waals surface area contributed by atoms with Gasteiger partial charge in [-0.05, 0) is 49.6 Å². The number of ether oxygens (including phenoxy) is 4. The molecule has 0 unspecified atom stereocenters. The molecule has 0 N–H and O–H groups in total. The van der Waals surface area contributed by atoms with Crippen LogP contribution in [0.25, 0.3) is 0 Å². The van der Waals surface area contributed by atoms with Gasteiger partial charge >= 0.3 is 11.9 Å². The molecule has 2 aromatic rings. The number of benzene rings is 2. The van der Waals surface area contributed by atoms with Crippen LogP contribution in [0.15, 0.2) is 48.5 Å². The Morgan fingerprint density at radius 1 is 0.839 bits per heavy atom. The number of unbranched alkanes of at least 4 members (excludes halogenated alkanes) is 1. The first-order valence-electron chi connectivity index (χ1n) is 10.9. The Kier molecular flexibility index (Phi) is 6.68. The zero-order valence-corrected chi connectivity index (χ0v) is 17.9. The van der Waals surface area contributed by atoms with Crippen LogP contribution in [0, 0.1) is 6.92 Å². The number of aryl methyl sites for hydroxylation is 2. The van der Waals surface area contributed by atoms with Crippen molar-refractivity contribution in [1.82, 2.24) is 0 Å². The largest absolute Gasteiger partial charge is 0.453 e. The van der Waals surface area contributed by atoms with Crippen molar-refractivity contribution in [2.24, 2.45) is 0 Å². The molecule has 0 aromatic heterocycles. The SMILES string of the molecule is CCCCc1ccc(C(=O)O[C@@H]2CO[C@H]3[C@@H]2OC[C@@H]3OC(=O)c2ccc(C)cc2)cc1. The van der Waals surface area contributed by atoms with Crippen molar-refractivity contribution in [2.75, 3.05) is 13.2 Å². The third-order valence-electron chi connectivity index (χ3n) is 5.78. The van der Waals surface area contributed by atoms with E-state index in [1.165, 1.54) is 5.56 Å². The summed E-state index contributed by atoms with van der Waals surface area (Å²) >= 11 is 0. The maximum Gasteiger partial charge on any atom is 0.338 e. The average molecular weight is 424 g/mol. The average Bonchev–Trinajstić information content (AvgIpc) is 3.36. The van der Waals surface area contributed by atoms with Crippen molar-refractivity contribution in [1.29, 1.82) is 0 Å². The maximum absolute atomic E-state index is 12.6. The molecule has 2 aliphatic rings. The normalized spacial score (nSPS) is 24.6. The molecule has 2 saturated heterocycles. The van der Waals surface area contributed by atoms with Crippen molar-refractivity contribution in [3.63, 3.8) is 0 Å². The highest BCUT2D eigenvalue weighted by atomic mass is 16.7. The number of hydrogen-bond donors (Lipinski definition) is 0. The van der Waals surface area contributed by atoms with E-state index in [1.807, 2.05) is 31.2 Å². The fourth-order valence-corrected chi connectivity index (χ4v) is 3.92. The van der Waals surface area contributed by atoms with Crippen LogP contribution in [-0.4, -0.2) is 49.6 Å². The zero-order valence-electron chi connectivity index (χ0n) is 17.9. The van der Waals surface area contributed by atoms with E-state index < -0.39 is 36.4 Å². The molecule has 6 nitrogen and oxygen atoms in total. The minimum atomic E-state index is -0.527. The van der Waals surface area contributed by atoms with Gasteiger partial charge in [0.2, 0.25) is 0 Å². The van der Waals surface area contributed by atoms with Gasteiger partial charge in [0, 0.05) is 0 Å². The number of carbonyl (C=O) groups excluding carboxylic acids is 2. The molecule has 0 bridgehead atoms. The Bertz CT molecular complexity index is 905. The quantitative estimate of drug-likeness (QED) is 0.628. The van der Waals surface area contributed by atoms with Crippen LogP contribution in [-0.2, 0) is 25.4 Å². The fraction of sp³-hybridized carbons (Fsp3) is 0.440. The molecule has 0 spiro atoms. The lowest BCUT2D eigenvalue weighted by Gasteiger charge is -2.17. The predicted octanol–water partition coefficient (Wildman–Crippen LogP) is 3.89. The lowest BCUT2D eigenvalue weighted by Crippen LogP contribution is -2.36. The van der Waals surface area contributed by atoms with E-state index in [-0.39, 0.29) is 13.2 Å². The molecule has 2 heterocycles. The minimum absolute atomic E-state index is 0.215. The Hall–Kier alpha value is -2.70. The van der Waals surface area contributed by atoms with E-state index in [1.54, 1.807) is 24.3 Å². The van der Waals surface area contributed by atoms with Gasteiger partial charge in [0.15, 0.2) is 12.2 Å². The maximum atomic E-state index is 12.6. The second kappa shape index (κ2) is 9.62. The smallest absolute Gasteiger partial charge is 0.338 e. The Labute approximate surface area is 182 Å². The highest BCUT2D eigenvalue weighted by Crippen LogP contribution is 2.31. The van der Waals surface area contributed by atoms with Gasteiger partial charge in [-0.15, -0.1) is 0 Å². The van der Waals surface area contributed by atoms with E-state index in [4.69, 9.17) is 18.9 Å². The second-order valence-corrected chi connectivity index (χ2v) is 8.15. The third kappa shape index (κ3) is 4.97. The van der Waals surface area contributed by atoms with Crippen LogP contribution in [0.2, 0.25) is 0 Å². The number of esters is 2. The molecule has 164 valence electrons. The molecular weight excluding hydrogens is 396 g/mol. The Morgan fingerprint density at radius 3 is 1.81 bits per heavy atom. The first-order chi connectivity index (χ1) is 15.0. The topological polar surface area (TPSA) is 71.1 Å². The molecule has 4 rings (SSSR count). The number of hydrogen-bond acceptors (Lipinski definition) is 6. The van der Waals surface area contributed by atoms with Crippen LogP contribution in [0.3, 0.4) is 0 Å². The summed E-state index contributed by atoms with van der Waals surface area (Å²) in [6.07, 6.45) is 1.32. The molecule has 0 radical (unpaired) electrons. The molecule has 2 aliphatic heterocycles. The third-order valence-corrected chi connectivity index (χ3v) is 5.78. The van der Waals surface area contributed by atoms with Crippen LogP contribution in [0.4, 0.5) is 0 Å². The molecule has 4 atom stereocenters. The number of fused-ring (bicyclic) bond motifs is 1. The Morgan fingerprint density at radius 2 is 1.32 bits per heavy atom. The predicted molar refractivity (Wildman–Crippen MR) is 114 cm³/mol. The zero-order chi connectivity index (χ0) is 21.8. The summed E-state index contributed by atoms with van der Waals surface area (Å²) in [6.45, 7) is 4.54. The van der Waals surface area contributed by atoms with Gasteiger partial charge in [-0.1, -0.05) is 43.2 Å². The molecule has 31 heavy (non-hydrogen) atoms. The van der Waals surface area contributed by atoms with Gasteiger partial charge < -0.3 is 18.9 Å². The van der Waals surface area contributed by atoms with Crippen molar-refractivity contribution in [3.05, 3.63) is 70.8 Å². The molecule has 2 aromatic carbocycles. The number of carbonyl (C=O) groups is 2. The van der Waals surface area contributed by atoms with Crippen LogP contribution in [0.1, 0.15) is 51.6 Å². The first-order valence-corrected chi connectivity index (χ1v) is 10.9. The summed E-state index contributed by atoms with van der Waals surface area (Å²) in [6, 6.07) is 14.7. The van der Waals surface area contributed by atoms with Crippen LogP contribution < -0.4 is 0 Å². The van der Waals surface area contributed by atoms with Crippen molar-refractivity contribution < 1.29 is 28.5 Å². The van der Waals surface area contributed by atoms with Gasteiger partial charge in [-0.2, -0.15) is 0 Å². The summed E-state index contributed by atoms with van der Waals surface area (Å²) in [5, 5.41) is 0. The van der Waals surface area contributed by atoms with Gasteiger partial charge in [0.05, 0.1) is 24.3 Å². The summed E-state index contributed by atoms with van der Waals surface area (Å²) in [4.78, 5) is 25.0. The lowest BCUT2D eigenvalue weighted by molar-refractivity contribution is -0.0287. The molecule has 2 fully saturated rings. The van der Waals surface area contributed by atoms with E-state index >= 15 is 0 Å². The standard InChI is InChI=1S/C25H28O6/c1-3-4-5-17-8-12-19(13-9-17)25(27)31-21-15-29-22-20(14-28-23(21)22)30-24(26)18-10-6-16(2)7-11-18/h6-13,20-23H,3-5,14-15H2,1-2H3/t20-,21+,22+,23+/m0/s1. The monoisotopic (exact) mass is 424 g/mol. The minimum Gasteiger partial charge on any atom is -0.453 e. The summed E-state index contributed by atoms with van der Waals surface area (Å²) in [5.41, 5.74) is 3.27. The molecule has 0 aliphatic carbocycles. The second-order valence-electron chi connectivity index (χ2n) is 8.15. The van der Waals surface area contributed by atoms with Crippen LogP contribution in [0.5, 0.6) is 0 Å². The summed E-state index contributed by atoms with van der Waals surface area (Å²) in [7, 11) is 0. The van der Waals surface area contributed by atoms with Crippen molar-refractivity contribution in [2.45, 2.75) is 57.5 Å². The van der Waals surface area contributed by atoms with Crippen molar-refractivity contribution >= 4 is 11.9 Å². The molecule has 6 heteroatoms.